The summed E-state index contributed by atoms with van der Waals surface area (Å²) in [5.41, 5.74) is 6.79. The van der Waals surface area contributed by atoms with E-state index in [0.29, 0.717) is 6.04 Å². The zero-order valence-electron chi connectivity index (χ0n) is 10.2. The van der Waals surface area contributed by atoms with Gasteiger partial charge < -0.3 is 10.6 Å². The van der Waals surface area contributed by atoms with Crippen LogP contribution in [0.5, 0.6) is 0 Å². The molecule has 1 fully saturated rings. The van der Waals surface area contributed by atoms with Gasteiger partial charge in [-0.25, -0.2) is 4.98 Å². The Hall–Kier alpha value is -1.25. The maximum atomic E-state index is 5.99. The van der Waals surface area contributed by atoms with Crippen LogP contribution in [0.2, 0.25) is 0 Å². The maximum Gasteiger partial charge on any atom is 0.152 e. The van der Waals surface area contributed by atoms with Gasteiger partial charge in [0.1, 0.15) is 0 Å². The molecule has 1 saturated carbocycles. The molecule has 1 aliphatic carbocycles. The third-order valence-electron chi connectivity index (χ3n) is 3.02. The van der Waals surface area contributed by atoms with E-state index in [1.807, 2.05) is 18.3 Å². The molecule has 16 heavy (non-hydrogen) atoms. The van der Waals surface area contributed by atoms with E-state index in [9.17, 15) is 0 Å². The molecule has 0 radical (unpaired) electrons. The summed E-state index contributed by atoms with van der Waals surface area (Å²) in [6.45, 7) is 5.59. The highest BCUT2D eigenvalue weighted by Crippen LogP contribution is 2.33. The van der Waals surface area contributed by atoms with Crippen LogP contribution in [0.3, 0.4) is 0 Å². The molecule has 0 aromatic carbocycles. The Bertz CT molecular complexity index is 345. The highest BCUT2D eigenvalue weighted by Gasteiger charge is 2.30. The Balaban J connectivity index is 2.10. The Morgan fingerprint density at radius 3 is 2.81 bits per heavy atom. The molecule has 88 valence electrons. The van der Waals surface area contributed by atoms with Gasteiger partial charge in [0.25, 0.3) is 0 Å². The summed E-state index contributed by atoms with van der Waals surface area (Å²) in [6.07, 6.45) is 5.60. The molecule has 0 amide bonds. The lowest BCUT2D eigenvalue weighted by atomic mass is 10.1. The Kier molecular flexibility index (Phi) is 3.32. The molecule has 1 aromatic rings. The zero-order chi connectivity index (χ0) is 11.5. The third-order valence-corrected chi connectivity index (χ3v) is 3.02. The number of hydrogen-bond acceptors (Lipinski definition) is 3. The van der Waals surface area contributed by atoms with Crippen molar-refractivity contribution in [3.63, 3.8) is 0 Å². The summed E-state index contributed by atoms with van der Waals surface area (Å²) in [6, 6.07) is 4.51. The maximum absolute atomic E-state index is 5.99. The number of nitrogens with zero attached hydrogens (tertiary/aromatic N) is 2. The number of hydrogen-bond donors (Lipinski definition) is 1. The Morgan fingerprint density at radius 2 is 2.25 bits per heavy atom. The van der Waals surface area contributed by atoms with Crippen molar-refractivity contribution < 1.29 is 0 Å². The van der Waals surface area contributed by atoms with Crippen LogP contribution in [-0.2, 0) is 0 Å². The first kappa shape index (κ1) is 11.2. The van der Waals surface area contributed by atoms with Crippen LogP contribution in [0.25, 0.3) is 0 Å². The zero-order valence-corrected chi connectivity index (χ0v) is 10.2. The van der Waals surface area contributed by atoms with Crippen LogP contribution in [0.4, 0.5) is 11.5 Å². The lowest BCUT2D eigenvalue weighted by Crippen LogP contribution is -2.29. The Labute approximate surface area is 97.7 Å². The van der Waals surface area contributed by atoms with Crippen molar-refractivity contribution >= 4 is 11.5 Å². The molecule has 3 heteroatoms. The third kappa shape index (κ3) is 2.65. The second kappa shape index (κ2) is 4.73. The van der Waals surface area contributed by atoms with Crippen molar-refractivity contribution in [1.82, 2.24) is 4.98 Å². The first-order valence-corrected chi connectivity index (χ1v) is 6.15. The molecule has 1 heterocycles. The monoisotopic (exact) mass is 219 g/mol. The molecule has 0 bridgehead atoms. The summed E-state index contributed by atoms with van der Waals surface area (Å²) < 4.78 is 0. The fourth-order valence-corrected chi connectivity index (χ4v) is 1.89. The van der Waals surface area contributed by atoms with Crippen LogP contribution in [-0.4, -0.2) is 17.6 Å². The quantitative estimate of drug-likeness (QED) is 0.828. The van der Waals surface area contributed by atoms with Gasteiger partial charge in [0.05, 0.1) is 5.69 Å². The predicted octanol–water partition coefficient (Wildman–Crippen LogP) is 2.68. The smallest absolute Gasteiger partial charge is 0.152 e. The van der Waals surface area contributed by atoms with Crippen LogP contribution >= 0.6 is 0 Å². The molecule has 0 aliphatic heterocycles. The van der Waals surface area contributed by atoms with Crippen molar-refractivity contribution in [2.75, 3.05) is 17.2 Å². The average molecular weight is 219 g/mol. The number of anilines is 2. The first-order chi connectivity index (χ1) is 7.68. The van der Waals surface area contributed by atoms with E-state index in [2.05, 4.69) is 23.7 Å². The van der Waals surface area contributed by atoms with Crippen molar-refractivity contribution in [2.24, 2.45) is 5.92 Å². The summed E-state index contributed by atoms with van der Waals surface area (Å²) >= 11 is 0. The minimum atomic E-state index is 0.677. The summed E-state index contributed by atoms with van der Waals surface area (Å²) in [5, 5.41) is 0. The molecule has 1 aliphatic rings. The van der Waals surface area contributed by atoms with E-state index < -0.39 is 0 Å². The first-order valence-electron chi connectivity index (χ1n) is 6.15. The molecule has 0 spiro atoms. The van der Waals surface area contributed by atoms with E-state index in [1.54, 1.807) is 0 Å². The number of rotatable bonds is 5. The Morgan fingerprint density at radius 1 is 1.50 bits per heavy atom. The van der Waals surface area contributed by atoms with Gasteiger partial charge >= 0.3 is 0 Å². The van der Waals surface area contributed by atoms with Gasteiger partial charge in [0.15, 0.2) is 5.82 Å². The van der Waals surface area contributed by atoms with E-state index >= 15 is 0 Å². The van der Waals surface area contributed by atoms with Gasteiger partial charge in [-0.3, -0.25) is 0 Å². The van der Waals surface area contributed by atoms with Crippen molar-refractivity contribution in [1.29, 1.82) is 0 Å². The second-order valence-corrected chi connectivity index (χ2v) is 5.02. The molecule has 0 atom stereocenters. The van der Waals surface area contributed by atoms with Crippen molar-refractivity contribution in [3.8, 4) is 0 Å². The number of pyridine rings is 1. The van der Waals surface area contributed by atoms with Gasteiger partial charge in [-0.2, -0.15) is 0 Å². The largest absolute Gasteiger partial charge is 0.396 e. The molecule has 2 rings (SSSR count). The number of nitrogens with two attached hydrogens (primary N) is 1. The molecular formula is C13H21N3. The minimum Gasteiger partial charge on any atom is -0.396 e. The van der Waals surface area contributed by atoms with Gasteiger partial charge in [0, 0.05) is 18.8 Å². The van der Waals surface area contributed by atoms with Crippen molar-refractivity contribution in [3.05, 3.63) is 18.3 Å². The molecule has 2 N–H and O–H groups in total. The molecule has 3 nitrogen and oxygen atoms in total. The van der Waals surface area contributed by atoms with Crippen LogP contribution in [0.1, 0.15) is 33.1 Å². The highest BCUT2D eigenvalue weighted by atomic mass is 15.2. The minimum absolute atomic E-state index is 0.677. The lowest BCUT2D eigenvalue weighted by molar-refractivity contribution is 0.569. The van der Waals surface area contributed by atoms with E-state index in [4.69, 9.17) is 5.73 Å². The SMILES string of the molecule is CC(C)CCN(c1ncccc1N)C1CC1. The number of nitrogen functional groups attached to an aromatic ring is 1. The number of aromatic nitrogens is 1. The normalized spacial score (nSPS) is 15.4. The fourth-order valence-electron chi connectivity index (χ4n) is 1.89. The summed E-state index contributed by atoms with van der Waals surface area (Å²) in [5.74, 6) is 1.71. The second-order valence-electron chi connectivity index (χ2n) is 5.02. The standard InChI is InChI=1S/C13H21N3/c1-10(2)7-9-16(11-5-6-11)13-12(14)4-3-8-15-13/h3-4,8,10-11H,5-7,9,14H2,1-2H3. The van der Waals surface area contributed by atoms with Gasteiger partial charge in [-0.05, 0) is 37.3 Å². The van der Waals surface area contributed by atoms with Crippen LogP contribution in [0.15, 0.2) is 18.3 Å². The van der Waals surface area contributed by atoms with E-state index in [-0.39, 0.29) is 0 Å². The van der Waals surface area contributed by atoms with E-state index in [0.717, 1.165) is 24.0 Å². The van der Waals surface area contributed by atoms with E-state index in [1.165, 1.54) is 19.3 Å². The predicted molar refractivity (Wildman–Crippen MR) is 68.5 cm³/mol. The summed E-state index contributed by atoms with van der Waals surface area (Å²) in [4.78, 5) is 6.80. The fraction of sp³-hybridized carbons (Fsp3) is 0.615. The lowest BCUT2D eigenvalue weighted by Gasteiger charge is -2.25. The topological polar surface area (TPSA) is 42.2 Å². The van der Waals surface area contributed by atoms with Crippen LogP contribution in [0, 0.1) is 5.92 Å². The van der Waals surface area contributed by atoms with Gasteiger partial charge in [0.2, 0.25) is 0 Å². The molecule has 0 unspecified atom stereocenters. The van der Waals surface area contributed by atoms with Gasteiger partial charge in [-0.1, -0.05) is 13.8 Å². The van der Waals surface area contributed by atoms with Crippen LogP contribution < -0.4 is 10.6 Å². The molecule has 0 saturated heterocycles. The van der Waals surface area contributed by atoms with Gasteiger partial charge in [-0.15, -0.1) is 0 Å². The van der Waals surface area contributed by atoms with Crippen molar-refractivity contribution in [2.45, 2.75) is 39.2 Å². The highest BCUT2D eigenvalue weighted by molar-refractivity contribution is 5.63. The molecule has 1 aromatic heterocycles. The molecular weight excluding hydrogens is 198 g/mol. The summed E-state index contributed by atoms with van der Waals surface area (Å²) in [7, 11) is 0. The average Bonchev–Trinajstić information content (AvgIpc) is 3.04.